The molecule has 120 valence electrons. The van der Waals surface area contributed by atoms with E-state index in [1.165, 1.54) is 0 Å². The second kappa shape index (κ2) is 13.4. The van der Waals surface area contributed by atoms with E-state index in [2.05, 4.69) is 0 Å². The van der Waals surface area contributed by atoms with Crippen LogP contribution >= 0.6 is 0 Å². The van der Waals surface area contributed by atoms with Crippen molar-refractivity contribution in [3.63, 3.8) is 0 Å². The van der Waals surface area contributed by atoms with Crippen LogP contribution in [0.15, 0.2) is 0 Å². The number of hydrogen-bond acceptors (Lipinski definition) is 6. The Balaban J connectivity index is -0.000000482. The molecular weight excluding hydrogens is 344 g/mol. The molecule has 0 aliphatic heterocycles. The van der Waals surface area contributed by atoms with Crippen LogP contribution in [-0.4, -0.2) is 63.2 Å². The van der Waals surface area contributed by atoms with Gasteiger partial charge in [0.15, 0.2) is 0 Å². The number of hydrogen-bond donors (Lipinski definition) is 5. The number of carboxylic acids is 4. The molecule has 0 aromatic rings. The molecule has 0 aromatic heterocycles. The molecule has 0 fully saturated rings. The van der Waals surface area contributed by atoms with E-state index in [9.17, 15) is 24.3 Å². The van der Waals surface area contributed by atoms with E-state index in [0.29, 0.717) is 4.90 Å². The number of rotatable bonds is 9. The fourth-order valence-corrected chi connectivity index (χ4v) is 1.34. The largest absolute Gasteiger partial charge is 0.550 e. The molecule has 0 bridgehead atoms. The first-order chi connectivity index (χ1) is 8.23. The molecule has 0 saturated carbocycles. The number of nitrogens with zero attached hydrogens (tertiary/aromatic N) is 1. The number of carboxylic acid groups (broad SMARTS) is 4. The summed E-state index contributed by atoms with van der Waals surface area (Å²) < 4.78 is 0. The summed E-state index contributed by atoms with van der Waals surface area (Å²) in [7, 11) is 0. The second-order valence-corrected chi connectivity index (χ2v) is 3.46. The topological polar surface area (TPSA) is 228 Å². The van der Waals surface area contributed by atoms with Crippen molar-refractivity contribution in [3.8, 4) is 0 Å². The molecule has 21 heavy (non-hydrogen) atoms. The van der Waals surface area contributed by atoms with Crippen molar-refractivity contribution in [3.05, 3.63) is 0 Å². The molecule has 11 N–H and O–H groups in total. The van der Waals surface area contributed by atoms with Crippen LogP contribution in [0.1, 0.15) is 12.8 Å². The van der Waals surface area contributed by atoms with Gasteiger partial charge in [0.25, 0.3) is 0 Å². The first-order valence-electron chi connectivity index (χ1n) is 4.84. The van der Waals surface area contributed by atoms with Crippen LogP contribution < -0.4 is 17.4 Å². The van der Waals surface area contributed by atoms with E-state index in [4.69, 9.17) is 15.3 Å². The van der Waals surface area contributed by atoms with Crippen molar-refractivity contribution in [2.75, 3.05) is 13.1 Å². The average Bonchev–Trinajstić information content (AvgIpc) is 2.14. The van der Waals surface area contributed by atoms with Gasteiger partial charge in [-0.2, -0.15) is 0 Å². The van der Waals surface area contributed by atoms with Crippen LogP contribution in [0.5, 0.6) is 0 Å². The minimum absolute atomic E-state index is 0. The minimum Gasteiger partial charge on any atom is -0.550 e. The van der Waals surface area contributed by atoms with E-state index in [1.807, 2.05) is 0 Å². The SMILES string of the molecule is O=C([O-])CCC(C(=O)O)N(CC(=O)O)CC(=O)O.[NH4+].[NH4+].[Zn]. The van der Waals surface area contributed by atoms with E-state index in [0.717, 1.165) is 0 Å². The van der Waals surface area contributed by atoms with Gasteiger partial charge in [0.1, 0.15) is 6.04 Å². The first kappa shape index (κ1) is 27.7. The van der Waals surface area contributed by atoms with Crippen molar-refractivity contribution in [1.82, 2.24) is 17.2 Å². The zero-order valence-corrected chi connectivity index (χ0v) is 14.9. The summed E-state index contributed by atoms with van der Waals surface area (Å²) in [4.78, 5) is 42.8. The summed E-state index contributed by atoms with van der Waals surface area (Å²) in [6, 6.07) is -1.50. The molecule has 0 aromatic carbocycles. The predicted octanol–water partition coefficient (Wildman–Crippen LogP) is -1.81. The Morgan fingerprint density at radius 1 is 0.952 bits per heavy atom. The second-order valence-electron chi connectivity index (χ2n) is 3.46. The molecule has 11 nitrogen and oxygen atoms in total. The van der Waals surface area contributed by atoms with Gasteiger partial charge in [-0.25, -0.2) is 0 Å². The van der Waals surface area contributed by atoms with Crippen LogP contribution in [0.25, 0.3) is 0 Å². The number of carbonyl (C=O) groups is 4. The van der Waals surface area contributed by atoms with Crippen molar-refractivity contribution in [1.29, 1.82) is 0 Å². The third kappa shape index (κ3) is 13.1. The molecule has 12 heteroatoms. The van der Waals surface area contributed by atoms with Crippen molar-refractivity contribution in [2.45, 2.75) is 18.9 Å². The first-order valence-corrected chi connectivity index (χ1v) is 4.84. The summed E-state index contributed by atoms with van der Waals surface area (Å²) >= 11 is 0. The normalized spacial score (nSPS) is 10.3. The van der Waals surface area contributed by atoms with Gasteiger partial charge in [-0.1, -0.05) is 0 Å². The van der Waals surface area contributed by atoms with Crippen molar-refractivity contribution < 1.29 is 59.1 Å². The molecule has 0 amide bonds. The molecule has 0 heterocycles. The number of aliphatic carboxylic acids is 4. The van der Waals surface area contributed by atoms with Gasteiger partial charge < -0.3 is 37.5 Å². The monoisotopic (exact) mass is 362 g/mol. The van der Waals surface area contributed by atoms with Gasteiger partial charge in [-0.15, -0.1) is 0 Å². The molecule has 0 rings (SSSR count). The molecule has 0 spiro atoms. The van der Waals surface area contributed by atoms with Crippen molar-refractivity contribution in [2.24, 2.45) is 0 Å². The molecular formula is C9H20N3O8Zn+. The summed E-state index contributed by atoms with van der Waals surface area (Å²) in [6.45, 7) is -1.62. The average molecular weight is 364 g/mol. The van der Waals surface area contributed by atoms with E-state index in [1.54, 1.807) is 0 Å². The summed E-state index contributed by atoms with van der Waals surface area (Å²) in [6.07, 6.45) is -1.04. The van der Waals surface area contributed by atoms with Gasteiger partial charge in [0, 0.05) is 25.4 Å². The maximum Gasteiger partial charge on any atom is 0.320 e. The molecule has 0 saturated heterocycles. The summed E-state index contributed by atoms with van der Waals surface area (Å²) in [5.74, 6) is -5.79. The number of carbonyl (C=O) groups excluding carboxylic acids is 1. The minimum atomic E-state index is -1.50. The molecule has 1 atom stereocenters. The van der Waals surface area contributed by atoms with Gasteiger partial charge in [0.2, 0.25) is 0 Å². The Morgan fingerprint density at radius 2 is 1.33 bits per heavy atom. The molecule has 0 radical (unpaired) electrons. The van der Waals surface area contributed by atoms with Gasteiger partial charge in [0.05, 0.1) is 13.1 Å². The standard InChI is InChI=1S/C9H13NO8.2H3N.Zn/c11-6(12)2-1-5(9(17)18)10(3-7(13)14)4-8(15)16;;;/h5H,1-4H2,(H,11,12)(H,13,14)(H,15,16)(H,17,18);2*1H3;/p+1. The van der Waals surface area contributed by atoms with Gasteiger partial charge in [-0.05, 0) is 12.8 Å². The maximum atomic E-state index is 10.9. The van der Waals surface area contributed by atoms with Gasteiger partial charge in [-0.3, -0.25) is 19.3 Å². The van der Waals surface area contributed by atoms with E-state index < -0.39 is 55.9 Å². The number of quaternary nitrogens is 2. The van der Waals surface area contributed by atoms with E-state index in [-0.39, 0.29) is 31.8 Å². The van der Waals surface area contributed by atoms with Gasteiger partial charge >= 0.3 is 17.9 Å². The zero-order valence-electron chi connectivity index (χ0n) is 11.9. The molecule has 1 unspecified atom stereocenters. The third-order valence-electron chi connectivity index (χ3n) is 2.02. The van der Waals surface area contributed by atoms with Crippen LogP contribution in [0.4, 0.5) is 0 Å². The fraction of sp³-hybridized carbons (Fsp3) is 0.556. The Labute approximate surface area is 132 Å². The Hall–Kier alpha value is -1.62. The van der Waals surface area contributed by atoms with Crippen LogP contribution in [-0.2, 0) is 38.7 Å². The smallest absolute Gasteiger partial charge is 0.320 e. The van der Waals surface area contributed by atoms with E-state index >= 15 is 0 Å². The fourth-order valence-electron chi connectivity index (χ4n) is 1.34. The summed E-state index contributed by atoms with van der Waals surface area (Å²) in [5, 5.41) is 36.2. The van der Waals surface area contributed by atoms with Crippen LogP contribution in [0.3, 0.4) is 0 Å². The quantitative estimate of drug-likeness (QED) is 0.290. The molecule has 0 aliphatic rings. The third-order valence-corrected chi connectivity index (χ3v) is 2.02. The van der Waals surface area contributed by atoms with Crippen LogP contribution in [0, 0.1) is 0 Å². The Kier molecular flexibility index (Phi) is 17.6. The van der Waals surface area contributed by atoms with Crippen LogP contribution in [0.2, 0.25) is 0 Å². The van der Waals surface area contributed by atoms with Crippen molar-refractivity contribution >= 4 is 23.9 Å². The zero-order chi connectivity index (χ0) is 14.3. The summed E-state index contributed by atoms with van der Waals surface area (Å²) in [5.41, 5.74) is 0. The predicted molar refractivity (Wildman–Crippen MR) is 64.5 cm³/mol. The maximum absolute atomic E-state index is 10.9. The Bertz CT molecular complexity index is 349. The molecule has 0 aliphatic carbocycles. The Morgan fingerprint density at radius 3 is 1.57 bits per heavy atom.